The second kappa shape index (κ2) is 6.45. The number of pyridine rings is 1. The minimum atomic E-state index is -3.37. The van der Waals surface area contributed by atoms with Gasteiger partial charge in [-0.25, -0.2) is 23.4 Å². The van der Waals surface area contributed by atoms with Gasteiger partial charge in [0, 0.05) is 31.8 Å². The molecule has 1 fully saturated rings. The van der Waals surface area contributed by atoms with Crippen LogP contribution >= 0.6 is 11.6 Å². The molecule has 0 bridgehead atoms. The van der Waals surface area contributed by atoms with Gasteiger partial charge in [0.1, 0.15) is 21.7 Å². The average Bonchev–Trinajstić information content (AvgIpc) is 3.32. The van der Waals surface area contributed by atoms with Crippen LogP contribution in [0, 0.1) is 6.92 Å². The predicted molar refractivity (Wildman–Crippen MR) is 104 cm³/mol. The maximum Gasteiger partial charge on any atom is 0.179 e. The van der Waals surface area contributed by atoms with Crippen LogP contribution in [-0.4, -0.2) is 41.1 Å². The van der Waals surface area contributed by atoms with Gasteiger partial charge in [-0.2, -0.15) is 0 Å². The van der Waals surface area contributed by atoms with Gasteiger partial charge in [0.2, 0.25) is 0 Å². The van der Waals surface area contributed by atoms with E-state index in [4.69, 9.17) is 11.6 Å². The number of sulfone groups is 1. The largest absolute Gasteiger partial charge is 0.354 e. The molecule has 9 heteroatoms. The summed E-state index contributed by atoms with van der Waals surface area (Å²) in [7, 11) is -1.49. The lowest BCUT2D eigenvalue weighted by atomic mass is 10.2. The van der Waals surface area contributed by atoms with E-state index in [0.29, 0.717) is 34.9 Å². The van der Waals surface area contributed by atoms with Crippen LogP contribution in [0.5, 0.6) is 0 Å². The summed E-state index contributed by atoms with van der Waals surface area (Å²) in [5.74, 6) is 1.73. The monoisotopic (exact) mass is 405 g/mol. The molecule has 0 radical (unpaired) electrons. The predicted octanol–water partition coefficient (Wildman–Crippen LogP) is 3.00. The Morgan fingerprint density at radius 2 is 1.96 bits per heavy atom. The fourth-order valence-electron chi connectivity index (χ4n) is 3.16. The number of nitrogens with zero attached hydrogens (tertiary/aromatic N) is 5. The van der Waals surface area contributed by atoms with Gasteiger partial charge in [0.25, 0.3) is 0 Å². The third kappa shape index (κ3) is 3.77. The molecule has 0 aliphatic heterocycles. The standard InChI is InChI=1S/C18H20ClN5O2S/c1-11-20-16(19)7-17(21-11)23(2)9-14-10-24-8-13(12-4-5-12)6-15(18(24)22-14)27(3,25)26/h6-8,10,12H,4-5,9H2,1-3H3. The highest BCUT2D eigenvalue weighted by molar-refractivity contribution is 7.91. The van der Waals surface area contributed by atoms with Gasteiger partial charge in [0.05, 0.1) is 12.2 Å². The lowest BCUT2D eigenvalue weighted by Crippen LogP contribution is -2.18. The summed E-state index contributed by atoms with van der Waals surface area (Å²) in [5, 5.41) is 0.382. The molecule has 0 N–H and O–H groups in total. The molecule has 3 aromatic heterocycles. The highest BCUT2D eigenvalue weighted by atomic mass is 35.5. The van der Waals surface area contributed by atoms with Crippen molar-refractivity contribution < 1.29 is 8.42 Å². The molecule has 0 spiro atoms. The minimum absolute atomic E-state index is 0.279. The highest BCUT2D eigenvalue weighted by Gasteiger charge is 2.27. The van der Waals surface area contributed by atoms with Crippen LogP contribution in [0.2, 0.25) is 5.15 Å². The Bertz CT molecular complexity index is 1120. The van der Waals surface area contributed by atoms with E-state index < -0.39 is 9.84 Å². The maximum atomic E-state index is 12.3. The van der Waals surface area contributed by atoms with Crippen LogP contribution in [0.4, 0.5) is 5.82 Å². The minimum Gasteiger partial charge on any atom is -0.354 e. The first-order valence-electron chi connectivity index (χ1n) is 8.64. The molecule has 142 valence electrons. The molecular weight excluding hydrogens is 386 g/mol. The summed E-state index contributed by atoms with van der Waals surface area (Å²) in [6.07, 6.45) is 7.30. The van der Waals surface area contributed by atoms with Crippen LogP contribution in [0.15, 0.2) is 29.4 Å². The van der Waals surface area contributed by atoms with Crippen molar-refractivity contribution in [2.45, 2.75) is 37.1 Å². The Balaban J connectivity index is 1.72. The average molecular weight is 406 g/mol. The van der Waals surface area contributed by atoms with E-state index in [1.165, 1.54) is 6.26 Å². The molecule has 0 saturated heterocycles. The second-order valence-corrected chi connectivity index (χ2v) is 9.47. The Hall–Kier alpha value is -2.19. The Morgan fingerprint density at radius 3 is 2.59 bits per heavy atom. The number of aromatic nitrogens is 4. The molecule has 1 aliphatic carbocycles. The van der Waals surface area contributed by atoms with Gasteiger partial charge in [-0.1, -0.05) is 11.6 Å². The zero-order chi connectivity index (χ0) is 19.3. The van der Waals surface area contributed by atoms with Crippen molar-refractivity contribution in [1.29, 1.82) is 0 Å². The number of aryl methyl sites for hydroxylation is 1. The van der Waals surface area contributed by atoms with Gasteiger partial charge in [-0.3, -0.25) is 0 Å². The van der Waals surface area contributed by atoms with E-state index in [2.05, 4.69) is 15.0 Å². The number of fused-ring (bicyclic) bond motifs is 1. The summed E-state index contributed by atoms with van der Waals surface area (Å²) in [4.78, 5) is 15.2. The molecule has 27 heavy (non-hydrogen) atoms. The normalized spacial score (nSPS) is 14.7. The fraction of sp³-hybridized carbons (Fsp3) is 0.389. The van der Waals surface area contributed by atoms with Crippen molar-refractivity contribution in [2.75, 3.05) is 18.2 Å². The number of halogens is 1. The fourth-order valence-corrected chi connectivity index (χ4v) is 4.22. The summed E-state index contributed by atoms with van der Waals surface area (Å²) in [5.41, 5.74) is 2.27. The number of hydrogen-bond donors (Lipinski definition) is 0. The number of hydrogen-bond acceptors (Lipinski definition) is 6. The van der Waals surface area contributed by atoms with Gasteiger partial charge in [-0.05, 0) is 37.3 Å². The summed E-state index contributed by atoms with van der Waals surface area (Å²) in [6, 6.07) is 3.47. The number of imidazole rings is 1. The van der Waals surface area contributed by atoms with E-state index in [-0.39, 0.29) is 4.90 Å². The van der Waals surface area contributed by atoms with Crippen LogP contribution in [0.1, 0.15) is 35.8 Å². The van der Waals surface area contributed by atoms with Crippen molar-refractivity contribution in [3.63, 3.8) is 0 Å². The summed E-state index contributed by atoms with van der Waals surface area (Å²) in [6.45, 7) is 2.25. The lowest BCUT2D eigenvalue weighted by Gasteiger charge is -2.17. The zero-order valence-electron chi connectivity index (χ0n) is 15.3. The molecular formula is C18H20ClN5O2S. The zero-order valence-corrected chi connectivity index (χ0v) is 16.9. The van der Waals surface area contributed by atoms with Crippen molar-refractivity contribution in [1.82, 2.24) is 19.4 Å². The van der Waals surface area contributed by atoms with E-state index in [1.807, 2.05) is 28.7 Å². The van der Waals surface area contributed by atoms with Crippen molar-refractivity contribution in [2.24, 2.45) is 0 Å². The third-order valence-electron chi connectivity index (χ3n) is 4.62. The third-order valence-corrected chi connectivity index (χ3v) is 5.91. The molecule has 4 rings (SSSR count). The quantitative estimate of drug-likeness (QED) is 0.607. The molecule has 0 aromatic carbocycles. The van der Waals surface area contributed by atoms with E-state index in [0.717, 1.165) is 24.1 Å². The smallest absolute Gasteiger partial charge is 0.179 e. The van der Waals surface area contributed by atoms with Gasteiger partial charge >= 0.3 is 0 Å². The Labute approximate surface area is 163 Å². The van der Waals surface area contributed by atoms with E-state index in [1.54, 1.807) is 19.1 Å². The van der Waals surface area contributed by atoms with E-state index in [9.17, 15) is 8.42 Å². The molecule has 1 saturated carbocycles. The topological polar surface area (TPSA) is 80.5 Å². The van der Waals surface area contributed by atoms with Crippen LogP contribution < -0.4 is 4.90 Å². The van der Waals surface area contributed by atoms with Crippen LogP contribution in [0.25, 0.3) is 5.65 Å². The number of rotatable bonds is 5. The maximum absolute atomic E-state index is 12.3. The SMILES string of the molecule is Cc1nc(Cl)cc(N(C)Cc2cn3cc(C4CC4)cc(S(C)(=O)=O)c3n2)n1. The summed E-state index contributed by atoms with van der Waals surface area (Å²) >= 11 is 6.02. The van der Waals surface area contributed by atoms with Crippen LogP contribution in [-0.2, 0) is 16.4 Å². The first-order chi connectivity index (χ1) is 12.7. The molecule has 0 amide bonds. The van der Waals surface area contributed by atoms with Gasteiger partial charge < -0.3 is 9.30 Å². The molecule has 0 atom stereocenters. The summed E-state index contributed by atoms with van der Waals surface area (Å²) < 4.78 is 26.4. The van der Waals surface area contributed by atoms with Crippen molar-refractivity contribution in [3.8, 4) is 0 Å². The number of anilines is 1. The van der Waals surface area contributed by atoms with Crippen molar-refractivity contribution in [3.05, 3.63) is 46.8 Å². The van der Waals surface area contributed by atoms with Gasteiger partial charge in [-0.15, -0.1) is 0 Å². The van der Waals surface area contributed by atoms with Crippen LogP contribution in [0.3, 0.4) is 0 Å². The molecule has 1 aliphatic rings. The van der Waals surface area contributed by atoms with E-state index >= 15 is 0 Å². The Kier molecular flexibility index (Phi) is 4.35. The molecule has 3 heterocycles. The second-order valence-electron chi connectivity index (χ2n) is 7.10. The molecule has 7 nitrogen and oxygen atoms in total. The van der Waals surface area contributed by atoms with Gasteiger partial charge in [0.15, 0.2) is 15.5 Å². The lowest BCUT2D eigenvalue weighted by molar-refractivity contribution is 0.602. The first kappa shape index (κ1) is 18.2. The highest BCUT2D eigenvalue weighted by Crippen LogP contribution is 2.41. The molecule has 0 unspecified atom stereocenters. The first-order valence-corrected chi connectivity index (χ1v) is 10.9. The molecule has 3 aromatic rings. The Morgan fingerprint density at radius 1 is 1.22 bits per heavy atom. The van der Waals surface area contributed by atoms with Crippen molar-refractivity contribution >= 4 is 32.9 Å².